The average molecular weight is 327 g/mol. The Kier molecular flexibility index (Phi) is 5.18. The SMILES string of the molecule is CCOc1ccccc1C(F)(F)C(=O)N1CCCC[C@@H]1C(=O)O. The van der Waals surface area contributed by atoms with Crippen LogP contribution in [0.4, 0.5) is 8.78 Å². The van der Waals surface area contributed by atoms with Crippen LogP contribution < -0.4 is 4.74 Å². The summed E-state index contributed by atoms with van der Waals surface area (Å²) in [4.78, 5) is 24.4. The Morgan fingerprint density at radius 3 is 2.70 bits per heavy atom. The fraction of sp³-hybridized carbons (Fsp3) is 0.500. The Morgan fingerprint density at radius 1 is 1.35 bits per heavy atom. The first-order valence-corrected chi connectivity index (χ1v) is 7.53. The lowest BCUT2D eigenvalue weighted by Gasteiger charge is -2.35. The standard InChI is InChI=1S/C16H19F2NO4/c1-2-23-13-9-4-3-7-11(13)16(17,18)15(22)19-10-6-5-8-12(19)14(20)21/h3-4,7,9,12H,2,5-6,8,10H2,1H3,(H,20,21)/t12-/m1/s1. The van der Waals surface area contributed by atoms with E-state index in [1.54, 1.807) is 6.92 Å². The number of aliphatic carboxylic acids is 1. The number of para-hydroxylation sites is 1. The lowest BCUT2D eigenvalue weighted by molar-refractivity contribution is -0.169. The Hall–Kier alpha value is -2.18. The number of carbonyl (C=O) groups excluding carboxylic acids is 1. The molecule has 1 N–H and O–H groups in total. The summed E-state index contributed by atoms with van der Waals surface area (Å²) < 4.78 is 34.5. The molecule has 1 amide bonds. The molecule has 1 saturated heterocycles. The molecule has 0 spiro atoms. The predicted octanol–water partition coefficient (Wildman–Crippen LogP) is 2.64. The summed E-state index contributed by atoms with van der Waals surface area (Å²) in [6, 6.07) is 4.22. The second-order valence-corrected chi connectivity index (χ2v) is 5.35. The van der Waals surface area contributed by atoms with Crippen molar-refractivity contribution in [3.8, 4) is 5.75 Å². The number of benzene rings is 1. The molecule has 0 radical (unpaired) electrons. The van der Waals surface area contributed by atoms with Crippen LogP contribution in [-0.2, 0) is 15.5 Å². The number of piperidine rings is 1. The molecule has 1 fully saturated rings. The number of likely N-dealkylation sites (tertiary alicyclic amines) is 1. The van der Waals surface area contributed by atoms with E-state index < -0.39 is 29.4 Å². The Morgan fingerprint density at radius 2 is 2.04 bits per heavy atom. The number of nitrogens with zero attached hydrogens (tertiary/aromatic N) is 1. The highest BCUT2D eigenvalue weighted by Gasteiger charge is 2.49. The van der Waals surface area contributed by atoms with E-state index >= 15 is 0 Å². The van der Waals surface area contributed by atoms with Crippen molar-refractivity contribution in [2.24, 2.45) is 0 Å². The predicted molar refractivity (Wildman–Crippen MR) is 78.5 cm³/mol. The van der Waals surface area contributed by atoms with Crippen LogP contribution in [-0.4, -0.2) is 41.1 Å². The van der Waals surface area contributed by atoms with Gasteiger partial charge in [0.15, 0.2) is 0 Å². The lowest BCUT2D eigenvalue weighted by Crippen LogP contribution is -2.52. The van der Waals surface area contributed by atoms with Crippen molar-refractivity contribution >= 4 is 11.9 Å². The minimum absolute atomic E-state index is 0.0161. The summed E-state index contributed by atoms with van der Waals surface area (Å²) >= 11 is 0. The average Bonchev–Trinajstić information content (AvgIpc) is 2.54. The second kappa shape index (κ2) is 6.93. The van der Waals surface area contributed by atoms with Crippen LogP contribution in [0.25, 0.3) is 0 Å². The topological polar surface area (TPSA) is 66.8 Å². The molecule has 1 aliphatic heterocycles. The maximum Gasteiger partial charge on any atom is 0.353 e. The van der Waals surface area contributed by atoms with E-state index in [0.29, 0.717) is 12.8 Å². The third-order valence-electron chi connectivity index (χ3n) is 3.84. The number of ether oxygens (including phenoxy) is 1. The number of halogens is 2. The van der Waals surface area contributed by atoms with E-state index in [1.807, 2.05) is 0 Å². The van der Waals surface area contributed by atoms with Crippen molar-refractivity contribution in [3.05, 3.63) is 29.8 Å². The number of carboxylic acids is 1. The van der Waals surface area contributed by atoms with E-state index in [0.717, 1.165) is 11.0 Å². The van der Waals surface area contributed by atoms with Crippen molar-refractivity contribution in [1.29, 1.82) is 0 Å². The largest absolute Gasteiger partial charge is 0.493 e. The van der Waals surface area contributed by atoms with Crippen molar-refractivity contribution in [3.63, 3.8) is 0 Å². The van der Waals surface area contributed by atoms with Gasteiger partial charge in [0.1, 0.15) is 11.8 Å². The zero-order valence-corrected chi connectivity index (χ0v) is 12.8. The number of rotatable bonds is 5. The number of hydrogen-bond acceptors (Lipinski definition) is 3. The molecule has 0 aromatic heterocycles. The van der Waals surface area contributed by atoms with Gasteiger partial charge in [-0.3, -0.25) is 4.79 Å². The number of alkyl halides is 2. The maximum absolute atomic E-state index is 14.7. The maximum atomic E-state index is 14.7. The van der Waals surface area contributed by atoms with Gasteiger partial charge in [-0.25, -0.2) is 4.79 Å². The number of hydrogen-bond donors (Lipinski definition) is 1. The minimum Gasteiger partial charge on any atom is -0.493 e. The van der Waals surface area contributed by atoms with E-state index in [2.05, 4.69) is 0 Å². The molecule has 1 aromatic rings. The smallest absolute Gasteiger partial charge is 0.353 e. The van der Waals surface area contributed by atoms with Gasteiger partial charge in [0.25, 0.3) is 5.91 Å². The minimum atomic E-state index is -3.84. The van der Waals surface area contributed by atoms with Crippen LogP contribution in [0, 0.1) is 0 Å². The first-order valence-electron chi connectivity index (χ1n) is 7.53. The molecule has 7 heteroatoms. The van der Waals surface area contributed by atoms with Gasteiger partial charge >= 0.3 is 11.9 Å². The molecular formula is C16H19F2NO4. The summed E-state index contributed by atoms with van der Waals surface area (Å²) in [6.07, 6.45) is 1.30. The highest BCUT2D eigenvalue weighted by Crippen LogP contribution is 2.38. The van der Waals surface area contributed by atoms with Crippen molar-refractivity contribution < 1.29 is 28.2 Å². The van der Waals surface area contributed by atoms with Crippen LogP contribution in [0.3, 0.4) is 0 Å². The Bertz CT molecular complexity index is 591. The van der Waals surface area contributed by atoms with Gasteiger partial charge in [-0.15, -0.1) is 0 Å². The van der Waals surface area contributed by atoms with E-state index in [4.69, 9.17) is 9.84 Å². The monoisotopic (exact) mass is 327 g/mol. The molecule has 0 unspecified atom stereocenters. The number of carboxylic acid groups (broad SMARTS) is 1. The summed E-state index contributed by atoms with van der Waals surface area (Å²) in [5, 5.41) is 9.17. The van der Waals surface area contributed by atoms with Crippen molar-refractivity contribution in [1.82, 2.24) is 4.90 Å². The molecule has 1 aliphatic rings. The number of amides is 1. The summed E-state index contributed by atoms with van der Waals surface area (Å²) in [5.41, 5.74) is -0.540. The van der Waals surface area contributed by atoms with Crippen LogP contribution in [0.5, 0.6) is 5.75 Å². The van der Waals surface area contributed by atoms with Gasteiger partial charge in [-0.1, -0.05) is 12.1 Å². The van der Waals surface area contributed by atoms with Crippen molar-refractivity contribution in [2.45, 2.75) is 38.2 Å². The zero-order valence-electron chi connectivity index (χ0n) is 12.8. The molecule has 0 saturated carbocycles. The van der Waals surface area contributed by atoms with Crippen LogP contribution in [0.2, 0.25) is 0 Å². The van der Waals surface area contributed by atoms with Gasteiger partial charge in [-0.2, -0.15) is 8.78 Å². The molecule has 23 heavy (non-hydrogen) atoms. The van der Waals surface area contributed by atoms with Crippen LogP contribution >= 0.6 is 0 Å². The lowest BCUT2D eigenvalue weighted by atomic mass is 9.99. The van der Waals surface area contributed by atoms with Gasteiger partial charge in [0.2, 0.25) is 0 Å². The molecule has 1 aromatic carbocycles. The molecule has 1 atom stereocenters. The van der Waals surface area contributed by atoms with Gasteiger partial charge in [0, 0.05) is 6.54 Å². The molecule has 1 heterocycles. The fourth-order valence-corrected chi connectivity index (χ4v) is 2.73. The normalized spacial score (nSPS) is 18.6. The van der Waals surface area contributed by atoms with E-state index in [1.165, 1.54) is 18.2 Å². The van der Waals surface area contributed by atoms with E-state index in [-0.39, 0.29) is 25.3 Å². The first kappa shape index (κ1) is 17.2. The highest BCUT2D eigenvalue weighted by atomic mass is 19.3. The van der Waals surface area contributed by atoms with Crippen molar-refractivity contribution in [2.75, 3.05) is 13.2 Å². The van der Waals surface area contributed by atoms with Gasteiger partial charge < -0.3 is 14.7 Å². The second-order valence-electron chi connectivity index (χ2n) is 5.35. The highest BCUT2D eigenvalue weighted by molar-refractivity contribution is 5.89. The fourth-order valence-electron chi connectivity index (χ4n) is 2.73. The molecule has 5 nitrogen and oxygen atoms in total. The molecule has 0 bridgehead atoms. The van der Waals surface area contributed by atoms with Gasteiger partial charge in [0.05, 0.1) is 12.2 Å². The zero-order chi connectivity index (χ0) is 17.0. The van der Waals surface area contributed by atoms with E-state index in [9.17, 15) is 18.4 Å². The van der Waals surface area contributed by atoms with Gasteiger partial charge in [-0.05, 0) is 38.3 Å². The van der Waals surface area contributed by atoms with Crippen LogP contribution in [0.1, 0.15) is 31.7 Å². The quantitative estimate of drug-likeness (QED) is 0.903. The molecule has 2 rings (SSSR count). The molecule has 0 aliphatic carbocycles. The molecular weight excluding hydrogens is 308 g/mol. The Balaban J connectivity index is 2.34. The Labute approximate surface area is 132 Å². The third-order valence-corrected chi connectivity index (χ3v) is 3.84. The first-order chi connectivity index (χ1) is 10.9. The third kappa shape index (κ3) is 3.43. The summed E-state index contributed by atoms with van der Waals surface area (Å²) in [7, 11) is 0. The molecule has 126 valence electrons. The summed E-state index contributed by atoms with van der Waals surface area (Å²) in [5.74, 6) is -6.66. The number of carbonyl (C=O) groups is 2. The summed E-state index contributed by atoms with van der Waals surface area (Å²) in [6.45, 7) is 1.85. The van der Waals surface area contributed by atoms with Crippen LogP contribution in [0.15, 0.2) is 24.3 Å².